The first-order valence-electron chi connectivity index (χ1n) is 4.05. The Balaban J connectivity index is 3.18. The van der Waals surface area contributed by atoms with Crippen molar-refractivity contribution in [3.8, 4) is 0 Å². The van der Waals surface area contributed by atoms with Crippen LogP contribution in [0.25, 0.3) is 0 Å². The zero-order valence-corrected chi connectivity index (χ0v) is 9.32. The molecule has 0 aliphatic carbocycles. The van der Waals surface area contributed by atoms with E-state index < -0.39 is 5.97 Å². The average molecular weight is 234 g/mol. The van der Waals surface area contributed by atoms with Gasteiger partial charge in [-0.1, -0.05) is 23.2 Å². The van der Waals surface area contributed by atoms with E-state index in [4.69, 9.17) is 27.9 Å². The van der Waals surface area contributed by atoms with Crippen LogP contribution in [0.1, 0.15) is 22.8 Å². The second kappa shape index (κ2) is 4.62. The van der Waals surface area contributed by atoms with Gasteiger partial charge in [0, 0.05) is 6.20 Å². The first-order valence-corrected chi connectivity index (χ1v) is 4.81. The molecule has 0 amide bonds. The summed E-state index contributed by atoms with van der Waals surface area (Å²) in [5.74, 6) is -0.495. The van der Waals surface area contributed by atoms with E-state index in [-0.39, 0.29) is 10.7 Å². The Morgan fingerprint density at radius 1 is 1.57 bits per heavy atom. The smallest absolute Gasteiger partial charge is 0.341 e. The van der Waals surface area contributed by atoms with Gasteiger partial charge in [-0.25, -0.2) is 9.78 Å². The molecule has 76 valence electrons. The number of rotatable bonds is 2. The fraction of sp³-hybridized carbons (Fsp3) is 0.333. The molecule has 0 aliphatic rings. The summed E-state index contributed by atoms with van der Waals surface area (Å²) in [7, 11) is 0. The lowest BCUT2D eigenvalue weighted by atomic mass is 10.1. The maximum absolute atomic E-state index is 11.4. The first-order chi connectivity index (χ1) is 6.57. The number of halogens is 2. The molecule has 1 aromatic heterocycles. The lowest BCUT2D eigenvalue weighted by molar-refractivity contribution is 0.0525. The molecule has 0 saturated heterocycles. The number of hydrogen-bond donors (Lipinski definition) is 0. The van der Waals surface area contributed by atoms with Gasteiger partial charge in [-0.3, -0.25) is 0 Å². The minimum absolute atomic E-state index is 0.116. The number of carbonyl (C=O) groups is 1. The van der Waals surface area contributed by atoms with Crippen molar-refractivity contribution in [3.05, 3.63) is 27.5 Å². The molecular weight excluding hydrogens is 225 g/mol. The molecule has 1 rings (SSSR count). The zero-order chi connectivity index (χ0) is 10.7. The number of carbonyl (C=O) groups excluding carboxylic acids is 1. The third-order valence-electron chi connectivity index (χ3n) is 1.71. The highest BCUT2D eigenvalue weighted by Gasteiger charge is 2.17. The summed E-state index contributed by atoms with van der Waals surface area (Å²) in [6.45, 7) is 3.71. The van der Waals surface area contributed by atoms with Crippen molar-refractivity contribution in [3.63, 3.8) is 0 Å². The number of esters is 1. The van der Waals surface area contributed by atoms with Crippen molar-refractivity contribution >= 4 is 29.2 Å². The van der Waals surface area contributed by atoms with E-state index in [0.29, 0.717) is 17.2 Å². The summed E-state index contributed by atoms with van der Waals surface area (Å²) < 4.78 is 4.82. The highest BCUT2D eigenvalue weighted by molar-refractivity contribution is 6.35. The molecule has 0 fully saturated rings. The van der Waals surface area contributed by atoms with Crippen LogP contribution in [0.5, 0.6) is 0 Å². The largest absolute Gasteiger partial charge is 0.462 e. The van der Waals surface area contributed by atoms with Gasteiger partial charge in [0.2, 0.25) is 0 Å². The van der Waals surface area contributed by atoms with Crippen molar-refractivity contribution in [2.45, 2.75) is 13.8 Å². The van der Waals surface area contributed by atoms with Gasteiger partial charge >= 0.3 is 5.97 Å². The predicted molar refractivity (Wildman–Crippen MR) is 55.0 cm³/mol. The van der Waals surface area contributed by atoms with Gasteiger partial charge in [0.15, 0.2) is 0 Å². The van der Waals surface area contributed by atoms with Crippen LogP contribution < -0.4 is 0 Å². The summed E-state index contributed by atoms with van der Waals surface area (Å²) >= 11 is 11.6. The molecule has 3 nitrogen and oxygen atoms in total. The number of nitrogens with zero attached hydrogens (tertiary/aromatic N) is 1. The minimum atomic E-state index is -0.495. The van der Waals surface area contributed by atoms with Crippen LogP contribution in [0, 0.1) is 6.92 Å². The van der Waals surface area contributed by atoms with E-state index in [1.165, 1.54) is 6.20 Å². The first kappa shape index (κ1) is 11.3. The summed E-state index contributed by atoms with van der Waals surface area (Å²) in [5.41, 5.74) is 0.825. The fourth-order valence-electron chi connectivity index (χ4n) is 0.989. The maximum Gasteiger partial charge on any atom is 0.341 e. The Kier molecular flexibility index (Phi) is 3.72. The van der Waals surface area contributed by atoms with E-state index in [1.54, 1.807) is 13.8 Å². The molecular formula is C9H9Cl2NO2. The Morgan fingerprint density at radius 2 is 2.21 bits per heavy atom. The number of ether oxygens (including phenoxy) is 1. The number of aromatic nitrogens is 1. The van der Waals surface area contributed by atoms with Crippen LogP contribution in [-0.4, -0.2) is 17.6 Å². The predicted octanol–water partition coefficient (Wildman–Crippen LogP) is 2.87. The van der Waals surface area contributed by atoms with E-state index in [1.807, 2.05) is 0 Å². The van der Waals surface area contributed by atoms with Gasteiger partial charge in [0.05, 0.1) is 11.6 Å². The summed E-state index contributed by atoms with van der Waals surface area (Å²) in [6, 6.07) is 0. The molecule has 0 bridgehead atoms. The van der Waals surface area contributed by atoms with E-state index >= 15 is 0 Å². The molecule has 1 aromatic rings. The van der Waals surface area contributed by atoms with Gasteiger partial charge < -0.3 is 4.74 Å². The Labute approximate surface area is 92.0 Å². The zero-order valence-electron chi connectivity index (χ0n) is 7.80. The maximum atomic E-state index is 11.4. The summed E-state index contributed by atoms with van der Waals surface area (Å²) in [5, 5.41) is 0.516. The van der Waals surface area contributed by atoms with E-state index in [0.717, 1.165) is 0 Å². The second-order valence-corrected chi connectivity index (χ2v) is 3.38. The minimum Gasteiger partial charge on any atom is -0.462 e. The van der Waals surface area contributed by atoms with Crippen LogP contribution in [0.15, 0.2) is 6.20 Å². The van der Waals surface area contributed by atoms with Gasteiger partial charge in [0.25, 0.3) is 0 Å². The van der Waals surface area contributed by atoms with Gasteiger partial charge in [0.1, 0.15) is 10.7 Å². The standard InChI is InChI=1S/C9H9Cl2NO2/c1-3-14-9(13)7-5(2)6(10)4-12-8(7)11/h4H,3H2,1-2H3. The topological polar surface area (TPSA) is 39.2 Å². The molecule has 0 aromatic carbocycles. The van der Waals surface area contributed by atoms with Crippen LogP contribution in [0.4, 0.5) is 0 Å². The van der Waals surface area contributed by atoms with Crippen molar-refractivity contribution in [2.24, 2.45) is 0 Å². The molecule has 0 atom stereocenters. The van der Waals surface area contributed by atoms with Gasteiger partial charge in [-0.15, -0.1) is 0 Å². The highest BCUT2D eigenvalue weighted by Crippen LogP contribution is 2.24. The molecule has 0 N–H and O–H groups in total. The summed E-state index contributed by atoms with van der Waals surface area (Å²) in [6.07, 6.45) is 1.40. The quantitative estimate of drug-likeness (QED) is 0.583. The third-order valence-corrected chi connectivity index (χ3v) is 2.38. The number of hydrogen-bond acceptors (Lipinski definition) is 3. The van der Waals surface area contributed by atoms with Crippen LogP contribution >= 0.6 is 23.2 Å². The van der Waals surface area contributed by atoms with Crippen LogP contribution in [0.2, 0.25) is 10.2 Å². The van der Waals surface area contributed by atoms with Crippen LogP contribution in [0.3, 0.4) is 0 Å². The number of pyridine rings is 1. The van der Waals surface area contributed by atoms with Crippen LogP contribution in [-0.2, 0) is 4.74 Å². The Bertz CT molecular complexity index is 366. The molecule has 14 heavy (non-hydrogen) atoms. The molecule has 1 heterocycles. The second-order valence-electron chi connectivity index (χ2n) is 2.62. The fourth-order valence-corrected chi connectivity index (χ4v) is 1.40. The molecule has 0 unspecified atom stereocenters. The normalized spacial score (nSPS) is 10.0. The van der Waals surface area contributed by atoms with E-state index in [9.17, 15) is 4.79 Å². The third kappa shape index (κ3) is 2.16. The van der Waals surface area contributed by atoms with Crippen molar-refractivity contribution in [1.82, 2.24) is 4.98 Å². The molecule has 0 aliphatic heterocycles. The highest BCUT2D eigenvalue weighted by atomic mass is 35.5. The van der Waals surface area contributed by atoms with E-state index in [2.05, 4.69) is 4.98 Å². The molecule has 0 spiro atoms. The molecule has 0 saturated carbocycles. The lowest BCUT2D eigenvalue weighted by Gasteiger charge is -2.07. The van der Waals surface area contributed by atoms with Gasteiger partial charge in [-0.2, -0.15) is 0 Å². The molecule has 5 heteroatoms. The van der Waals surface area contributed by atoms with Crippen molar-refractivity contribution in [2.75, 3.05) is 6.61 Å². The Hall–Kier alpha value is -0.800. The van der Waals surface area contributed by atoms with Crippen molar-refractivity contribution < 1.29 is 9.53 Å². The molecule has 0 radical (unpaired) electrons. The lowest BCUT2D eigenvalue weighted by Crippen LogP contribution is -2.08. The summed E-state index contributed by atoms with van der Waals surface area (Å²) in [4.78, 5) is 15.2. The Morgan fingerprint density at radius 3 is 2.79 bits per heavy atom. The average Bonchev–Trinajstić information content (AvgIpc) is 2.13. The SMILES string of the molecule is CCOC(=O)c1c(Cl)ncc(Cl)c1C. The van der Waals surface area contributed by atoms with Crippen molar-refractivity contribution in [1.29, 1.82) is 0 Å². The van der Waals surface area contributed by atoms with Gasteiger partial charge in [-0.05, 0) is 19.4 Å². The monoisotopic (exact) mass is 233 g/mol.